The molecule has 0 spiro atoms. The van der Waals surface area contributed by atoms with E-state index in [1.165, 1.54) is 16.9 Å². The number of rotatable bonds is 4. The van der Waals surface area contributed by atoms with Crippen LogP contribution in [0.2, 0.25) is 0 Å². The lowest BCUT2D eigenvalue weighted by atomic mass is 10.3. The highest BCUT2D eigenvalue weighted by Crippen LogP contribution is 1.95. The van der Waals surface area contributed by atoms with Crippen LogP contribution in [0.15, 0.2) is 12.3 Å². The van der Waals surface area contributed by atoms with Gasteiger partial charge in [0.15, 0.2) is 6.10 Å². The van der Waals surface area contributed by atoms with Gasteiger partial charge < -0.3 is 15.2 Å². The Morgan fingerprint density at radius 2 is 2.38 bits per heavy atom. The number of aliphatic hydroxyl groups excluding tert-OH is 1. The monoisotopic (exact) mass is 227 g/mol. The van der Waals surface area contributed by atoms with Crippen LogP contribution in [0.5, 0.6) is 0 Å². The zero-order valence-electron chi connectivity index (χ0n) is 9.01. The molecule has 0 aliphatic carbocycles. The first-order chi connectivity index (χ1) is 7.56. The molecule has 16 heavy (non-hydrogen) atoms. The van der Waals surface area contributed by atoms with Crippen molar-refractivity contribution >= 4 is 11.9 Å². The number of aromatic nitrogens is 2. The average molecular weight is 227 g/mol. The van der Waals surface area contributed by atoms with E-state index in [4.69, 9.17) is 0 Å². The Morgan fingerprint density at radius 1 is 1.69 bits per heavy atom. The standard InChI is InChI=1S/C9H13N3O4/c1-12-6(3-4-11-12)8(14)10-5-7(13)9(15)16-2/h3-4,7,13H,5H2,1-2H3,(H,10,14). The van der Waals surface area contributed by atoms with Crippen LogP contribution in [0, 0.1) is 0 Å². The summed E-state index contributed by atoms with van der Waals surface area (Å²) in [7, 11) is 2.78. The van der Waals surface area contributed by atoms with Crippen molar-refractivity contribution in [3.8, 4) is 0 Å². The van der Waals surface area contributed by atoms with E-state index in [1.807, 2.05) is 0 Å². The lowest BCUT2D eigenvalue weighted by Gasteiger charge is -2.09. The molecule has 0 saturated heterocycles. The van der Waals surface area contributed by atoms with Crippen LogP contribution in [-0.4, -0.2) is 46.5 Å². The molecule has 0 fully saturated rings. The Kier molecular flexibility index (Phi) is 4.01. The van der Waals surface area contributed by atoms with Gasteiger partial charge >= 0.3 is 5.97 Å². The summed E-state index contributed by atoms with van der Waals surface area (Å²) in [6.07, 6.45) is 0.119. The second-order valence-electron chi connectivity index (χ2n) is 3.09. The molecule has 7 heteroatoms. The Balaban J connectivity index is 2.48. The second kappa shape index (κ2) is 5.26. The first-order valence-corrected chi connectivity index (χ1v) is 4.58. The molecule has 1 rings (SSSR count). The number of carbonyl (C=O) groups excluding carboxylic acids is 2. The maximum absolute atomic E-state index is 11.5. The average Bonchev–Trinajstić information content (AvgIpc) is 2.70. The van der Waals surface area contributed by atoms with Crippen LogP contribution in [0.3, 0.4) is 0 Å². The van der Waals surface area contributed by atoms with Gasteiger partial charge in [-0.15, -0.1) is 0 Å². The minimum atomic E-state index is -1.36. The smallest absolute Gasteiger partial charge is 0.336 e. The molecule has 0 bridgehead atoms. The molecule has 0 aliphatic rings. The number of hydrogen-bond donors (Lipinski definition) is 2. The summed E-state index contributed by atoms with van der Waals surface area (Å²) in [5.41, 5.74) is 0.345. The minimum Gasteiger partial charge on any atom is -0.467 e. The number of aryl methyl sites for hydroxylation is 1. The molecule has 0 aliphatic heterocycles. The first-order valence-electron chi connectivity index (χ1n) is 4.58. The van der Waals surface area contributed by atoms with Crippen LogP contribution in [0.1, 0.15) is 10.5 Å². The predicted molar refractivity (Wildman–Crippen MR) is 53.6 cm³/mol. The molecule has 1 amide bonds. The van der Waals surface area contributed by atoms with Gasteiger partial charge in [-0.2, -0.15) is 5.10 Å². The van der Waals surface area contributed by atoms with Gasteiger partial charge in [0.1, 0.15) is 5.69 Å². The Bertz CT molecular complexity index is 388. The van der Waals surface area contributed by atoms with Gasteiger partial charge in [0.2, 0.25) is 0 Å². The number of ether oxygens (including phenoxy) is 1. The molecular formula is C9H13N3O4. The van der Waals surface area contributed by atoms with E-state index in [1.54, 1.807) is 7.05 Å². The Morgan fingerprint density at radius 3 is 2.88 bits per heavy atom. The van der Waals surface area contributed by atoms with Crippen LogP contribution >= 0.6 is 0 Å². The molecule has 0 radical (unpaired) electrons. The number of methoxy groups -OCH3 is 1. The summed E-state index contributed by atoms with van der Waals surface area (Å²) in [6, 6.07) is 1.53. The lowest BCUT2D eigenvalue weighted by Crippen LogP contribution is -2.37. The van der Waals surface area contributed by atoms with E-state index in [2.05, 4.69) is 15.2 Å². The highest BCUT2D eigenvalue weighted by molar-refractivity contribution is 5.92. The molecule has 1 atom stereocenters. The first kappa shape index (κ1) is 12.2. The number of nitrogens with zero attached hydrogens (tertiary/aromatic N) is 2. The van der Waals surface area contributed by atoms with Crippen molar-refractivity contribution in [2.24, 2.45) is 7.05 Å². The van der Waals surface area contributed by atoms with Gasteiger partial charge in [0, 0.05) is 13.2 Å². The molecule has 88 valence electrons. The number of amides is 1. The second-order valence-corrected chi connectivity index (χ2v) is 3.09. The maximum atomic E-state index is 11.5. The zero-order chi connectivity index (χ0) is 12.1. The summed E-state index contributed by atoms with van der Waals surface area (Å²) in [5, 5.41) is 15.4. The van der Waals surface area contributed by atoms with Gasteiger partial charge in [-0.3, -0.25) is 9.48 Å². The molecule has 7 nitrogen and oxygen atoms in total. The normalized spacial score (nSPS) is 11.9. The van der Waals surface area contributed by atoms with E-state index in [-0.39, 0.29) is 6.54 Å². The summed E-state index contributed by atoms with van der Waals surface area (Å²) >= 11 is 0. The fourth-order valence-electron chi connectivity index (χ4n) is 1.10. The zero-order valence-corrected chi connectivity index (χ0v) is 9.01. The van der Waals surface area contributed by atoms with Crippen LogP contribution in [0.4, 0.5) is 0 Å². The maximum Gasteiger partial charge on any atom is 0.336 e. The number of nitrogens with one attached hydrogen (secondary N) is 1. The third-order valence-corrected chi connectivity index (χ3v) is 1.98. The molecule has 2 N–H and O–H groups in total. The number of esters is 1. The Hall–Kier alpha value is -1.89. The van der Waals surface area contributed by atoms with Gasteiger partial charge in [0.25, 0.3) is 5.91 Å². The van der Waals surface area contributed by atoms with Crippen molar-refractivity contribution in [1.29, 1.82) is 0 Å². The van der Waals surface area contributed by atoms with Crippen molar-refractivity contribution in [1.82, 2.24) is 15.1 Å². The fourth-order valence-corrected chi connectivity index (χ4v) is 1.10. The molecule has 1 unspecified atom stereocenters. The van der Waals surface area contributed by atoms with Crippen molar-refractivity contribution in [2.45, 2.75) is 6.10 Å². The quantitative estimate of drug-likeness (QED) is 0.622. The molecular weight excluding hydrogens is 214 g/mol. The summed E-state index contributed by atoms with van der Waals surface area (Å²) in [6.45, 7) is -0.198. The predicted octanol–water partition coefficient (Wildman–Crippen LogP) is -1.32. The number of carbonyl (C=O) groups is 2. The summed E-state index contributed by atoms with van der Waals surface area (Å²) in [4.78, 5) is 22.3. The SMILES string of the molecule is COC(=O)C(O)CNC(=O)c1ccnn1C. The molecule has 1 heterocycles. The summed E-state index contributed by atoms with van der Waals surface area (Å²) in [5.74, 6) is -1.20. The molecule has 1 aromatic rings. The number of hydrogen-bond acceptors (Lipinski definition) is 5. The third kappa shape index (κ3) is 2.80. The van der Waals surface area contributed by atoms with Crippen LogP contribution < -0.4 is 5.32 Å². The van der Waals surface area contributed by atoms with Crippen molar-refractivity contribution in [2.75, 3.05) is 13.7 Å². The lowest BCUT2D eigenvalue weighted by molar-refractivity contribution is -0.149. The molecule has 1 aromatic heterocycles. The van der Waals surface area contributed by atoms with Crippen molar-refractivity contribution in [3.05, 3.63) is 18.0 Å². The van der Waals surface area contributed by atoms with Crippen LogP contribution in [-0.2, 0) is 16.6 Å². The van der Waals surface area contributed by atoms with Gasteiger partial charge in [-0.05, 0) is 6.07 Å². The number of aliphatic hydroxyl groups is 1. The van der Waals surface area contributed by atoms with E-state index < -0.39 is 18.0 Å². The van der Waals surface area contributed by atoms with Gasteiger partial charge in [-0.25, -0.2) is 4.79 Å². The van der Waals surface area contributed by atoms with E-state index in [9.17, 15) is 14.7 Å². The highest BCUT2D eigenvalue weighted by atomic mass is 16.5. The largest absolute Gasteiger partial charge is 0.467 e. The van der Waals surface area contributed by atoms with Crippen molar-refractivity contribution < 1.29 is 19.4 Å². The highest BCUT2D eigenvalue weighted by Gasteiger charge is 2.17. The topological polar surface area (TPSA) is 93.4 Å². The molecule has 0 aromatic carbocycles. The molecule has 0 saturated carbocycles. The van der Waals surface area contributed by atoms with Crippen molar-refractivity contribution in [3.63, 3.8) is 0 Å². The fraction of sp³-hybridized carbons (Fsp3) is 0.444. The Labute approximate surface area is 92.0 Å². The van der Waals surface area contributed by atoms with Gasteiger partial charge in [0.05, 0.1) is 13.7 Å². The van der Waals surface area contributed by atoms with E-state index >= 15 is 0 Å². The van der Waals surface area contributed by atoms with E-state index in [0.29, 0.717) is 5.69 Å². The van der Waals surface area contributed by atoms with Gasteiger partial charge in [-0.1, -0.05) is 0 Å². The van der Waals surface area contributed by atoms with E-state index in [0.717, 1.165) is 7.11 Å². The van der Waals surface area contributed by atoms with Crippen LogP contribution in [0.25, 0.3) is 0 Å². The minimum absolute atomic E-state index is 0.198. The summed E-state index contributed by atoms with van der Waals surface area (Å²) < 4.78 is 5.69. The third-order valence-electron chi connectivity index (χ3n) is 1.98.